The standard InChI is InChI=1S/C17H25NO5/c1-11(18-16(21)23-17(2,3)4)13(15(20)22-5)14(19)12-9-7-6-8-10-12/h6-11,13-14,19H,1-5H3,(H,18,21)/t11-,13+,14-/m0/s1. The molecular weight excluding hydrogens is 298 g/mol. The summed E-state index contributed by atoms with van der Waals surface area (Å²) in [5.74, 6) is -1.56. The van der Waals surface area contributed by atoms with Crippen LogP contribution in [0.25, 0.3) is 0 Å². The van der Waals surface area contributed by atoms with E-state index >= 15 is 0 Å². The monoisotopic (exact) mass is 323 g/mol. The van der Waals surface area contributed by atoms with Gasteiger partial charge >= 0.3 is 12.1 Å². The van der Waals surface area contributed by atoms with Crippen molar-refractivity contribution in [3.63, 3.8) is 0 Å². The Morgan fingerprint density at radius 1 is 1.17 bits per heavy atom. The molecule has 6 nitrogen and oxygen atoms in total. The number of esters is 1. The maximum atomic E-state index is 12.1. The van der Waals surface area contributed by atoms with Gasteiger partial charge in [0, 0.05) is 6.04 Å². The van der Waals surface area contributed by atoms with Crippen molar-refractivity contribution in [3.8, 4) is 0 Å². The van der Waals surface area contributed by atoms with Crippen LogP contribution >= 0.6 is 0 Å². The molecule has 0 aliphatic rings. The summed E-state index contributed by atoms with van der Waals surface area (Å²) >= 11 is 0. The van der Waals surface area contributed by atoms with Gasteiger partial charge < -0.3 is 19.9 Å². The molecule has 1 aromatic carbocycles. The Balaban J connectivity index is 2.89. The number of rotatable bonds is 5. The van der Waals surface area contributed by atoms with Crippen molar-refractivity contribution in [3.05, 3.63) is 35.9 Å². The van der Waals surface area contributed by atoms with E-state index < -0.39 is 35.7 Å². The van der Waals surface area contributed by atoms with E-state index in [1.165, 1.54) is 7.11 Å². The van der Waals surface area contributed by atoms with E-state index in [9.17, 15) is 14.7 Å². The third-order valence-corrected chi connectivity index (χ3v) is 3.24. The van der Waals surface area contributed by atoms with Crippen molar-refractivity contribution >= 4 is 12.1 Å². The molecule has 0 fully saturated rings. The minimum absolute atomic E-state index is 0.570. The molecule has 0 spiro atoms. The minimum atomic E-state index is -1.10. The van der Waals surface area contributed by atoms with Crippen LogP contribution in [0.3, 0.4) is 0 Å². The number of carbonyl (C=O) groups excluding carboxylic acids is 2. The van der Waals surface area contributed by atoms with Crippen LogP contribution in [0.4, 0.5) is 4.79 Å². The lowest BCUT2D eigenvalue weighted by molar-refractivity contribution is -0.150. The van der Waals surface area contributed by atoms with Crippen molar-refractivity contribution in [1.82, 2.24) is 5.32 Å². The molecule has 1 aromatic rings. The average molecular weight is 323 g/mol. The van der Waals surface area contributed by atoms with Gasteiger partial charge in [-0.2, -0.15) is 0 Å². The number of methoxy groups -OCH3 is 1. The Kier molecular flexibility index (Phi) is 6.57. The van der Waals surface area contributed by atoms with E-state index in [1.807, 2.05) is 6.07 Å². The fraction of sp³-hybridized carbons (Fsp3) is 0.529. The summed E-state index contributed by atoms with van der Waals surface area (Å²) in [5, 5.41) is 13.1. The first kappa shape index (κ1) is 19.0. The van der Waals surface area contributed by atoms with Gasteiger partial charge in [-0.05, 0) is 33.3 Å². The van der Waals surface area contributed by atoms with Crippen LogP contribution in [0.2, 0.25) is 0 Å². The van der Waals surface area contributed by atoms with Gasteiger partial charge in [-0.1, -0.05) is 30.3 Å². The second-order valence-corrected chi connectivity index (χ2v) is 6.34. The lowest BCUT2D eigenvalue weighted by Crippen LogP contribution is -2.46. The Hall–Kier alpha value is -2.08. The van der Waals surface area contributed by atoms with Crippen LogP contribution in [-0.4, -0.2) is 35.9 Å². The molecule has 0 saturated heterocycles. The van der Waals surface area contributed by atoms with Crippen molar-refractivity contribution in [1.29, 1.82) is 0 Å². The Bertz CT molecular complexity index is 524. The number of amides is 1. The quantitative estimate of drug-likeness (QED) is 0.813. The third kappa shape index (κ3) is 5.90. The first-order valence-corrected chi connectivity index (χ1v) is 7.46. The van der Waals surface area contributed by atoms with Gasteiger partial charge in [0.05, 0.1) is 13.2 Å². The number of nitrogens with one attached hydrogen (secondary N) is 1. The Morgan fingerprint density at radius 2 is 1.74 bits per heavy atom. The van der Waals surface area contributed by atoms with Gasteiger partial charge in [0.25, 0.3) is 0 Å². The number of carbonyl (C=O) groups is 2. The van der Waals surface area contributed by atoms with Crippen LogP contribution in [0.5, 0.6) is 0 Å². The van der Waals surface area contributed by atoms with Crippen LogP contribution in [0, 0.1) is 5.92 Å². The summed E-state index contributed by atoms with van der Waals surface area (Å²) in [6.45, 7) is 6.85. The molecule has 0 radical (unpaired) electrons. The van der Waals surface area contributed by atoms with E-state index in [-0.39, 0.29) is 0 Å². The Morgan fingerprint density at radius 3 is 2.22 bits per heavy atom. The molecule has 0 unspecified atom stereocenters. The molecule has 0 bridgehead atoms. The van der Waals surface area contributed by atoms with Gasteiger partial charge in [-0.15, -0.1) is 0 Å². The Labute approximate surface area is 136 Å². The van der Waals surface area contributed by atoms with Gasteiger partial charge in [0.2, 0.25) is 0 Å². The highest BCUT2D eigenvalue weighted by molar-refractivity contribution is 5.76. The molecule has 1 amide bonds. The summed E-state index contributed by atoms with van der Waals surface area (Å²) < 4.78 is 9.94. The van der Waals surface area contributed by atoms with E-state index in [1.54, 1.807) is 52.0 Å². The first-order valence-electron chi connectivity index (χ1n) is 7.46. The number of hydrogen-bond donors (Lipinski definition) is 2. The average Bonchev–Trinajstić information content (AvgIpc) is 2.45. The molecule has 1 rings (SSSR count). The highest BCUT2D eigenvalue weighted by Crippen LogP contribution is 2.26. The zero-order valence-corrected chi connectivity index (χ0v) is 14.2. The number of alkyl carbamates (subject to hydrolysis) is 1. The number of aliphatic hydroxyl groups excluding tert-OH is 1. The number of ether oxygens (including phenoxy) is 2. The molecule has 0 heterocycles. The van der Waals surface area contributed by atoms with E-state index in [4.69, 9.17) is 9.47 Å². The second kappa shape index (κ2) is 7.97. The molecule has 0 aliphatic heterocycles. The van der Waals surface area contributed by atoms with Crippen molar-refractivity contribution in [2.45, 2.75) is 45.4 Å². The number of aliphatic hydroxyl groups is 1. The zero-order valence-electron chi connectivity index (χ0n) is 14.2. The maximum Gasteiger partial charge on any atom is 0.407 e. The minimum Gasteiger partial charge on any atom is -0.469 e. The summed E-state index contributed by atoms with van der Waals surface area (Å²) in [6, 6.07) is 8.08. The zero-order chi connectivity index (χ0) is 17.6. The largest absolute Gasteiger partial charge is 0.469 e. The molecule has 2 N–H and O–H groups in total. The lowest BCUT2D eigenvalue weighted by Gasteiger charge is -2.28. The van der Waals surface area contributed by atoms with E-state index in [2.05, 4.69) is 5.32 Å². The summed E-state index contributed by atoms with van der Waals surface area (Å²) in [6.07, 6.45) is -1.76. The molecule has 23 heavy (non-hydrogen) atoms. The van der Waals surface area contributed by atoms with Crippen LogP contribution in [0.1, 0.15) is 39.4 Å². The fourth-order valence-corrected chi connectivity index (χ4v) is 2.18. The molecule has 0 aromatic heterocycles. The molecular formula is C17H25NO5. The van der Waals surface area contributed by atoms with Crippen molar-refractivity contribution in [2.24, 2.45) is 5.92 Å². The highest BCUT2D eigenvalue weighted by atomic mass is 16.6. The van der Waals surface area contributed by atoms with Gasteiger partial charge in [0.1, 0.15) is 11.5 Å². The van der Waals surface area contributed by atoms with Gasteiger partial charge in [-0.3, -0.25) is 4.79 Å². The van der Waals surface area contributed by atoms with E-state index in [0.29, 0.717) is 5.56 Å². The predicted octanol–water partition coefficient (Wildman–Crippen LogP) is 2.42. The normalized spacial score (nSPS) is 15.2. The predicted molar refractivity (Wildman–Crippen MR) is 85.7 cm³/mol. The fourth-order valence-electron chi connectivity index (χ4n) is 2.18. The molecule has 0 aliphatic carbocycles. The summed E-state index contributed by atoms with van der Waals surface area (Å²) in [7, 11) is 1.24. The van der Waals surface area contributed by atoms with Crippen LogP contribution < -0.4 is 5.32 Å². The van der Waals surface area contributed by atoms with Gasteiger partial charge in [0.15, 0.2) is 0 Å². The highest BCUT2D eigenvalue weighted by Gasteiger charge is 2.35. The summed E-state index contributed by atoms with van der Waals surface area (Å²) in [4.78, 5) is 23.9. The van der Waals surface area contributed by atoms with Crippen molar-refractivity contribution < 1.29 is 24.2 Å². The second-order valence-electron chi connectivity index (χ2n) is 6.34. The molecule has 128 valence electrons. The van der Waals surface area contributed by atoms with Gasteiger partial charge in [-0.25, -0.2) is 4.79 Å². The maximum absolute atomic E-state index is 12.1. The van der Waals surface area contributed by atoms with Crippen molar-refractivity contribution in [2.75, 3.05) is 7.11 Å². The third-order valence-electron chi connectivity index (χ3n) is 3.24. The molecule has 0 saturated carbocycles. The smallest absolute Gasteiger partial charge is 0.407 e. The molecule has 3 atom stereocenters. The molecule has 6 heteroatoms. The van der Waals surface area contributed by atoms with Crippen LogP contribution in [0.15, 0.2) is 30.3 Å². The number of hydrogen-bond acceptors (Lipinski definition) is 5. The number of benzene rings is 1. The SMILES string of the molecule is COC(=O)[C@H]([C@H](C)NC(=O)OC(C)(C)C)[C@@H](O)c1ccccc1. The van der Waals surface area contributed by atoms with E-state index in [0.717, 1.165) is 0 Å². The first-order chi connectivity index (χ1) is 10.7. The topological polar surface area (TPSA) is 84.9 Å². The summed E-state index contributed by atoms with van der Waals surface area (Å²) in [5.41, 5.74) is -0.0801. The lowest BCUT2D eigenvalue weighted by atomic mass is 9.90. The van der Waals surface area contributed by atoms with Crippen LogP contribution in [-0.2, 0) is 14.3 Å².